The molecule has 1 rings (SSSR count). The first-order valence-electron chi connectivity index (χ1n) is 4.30. The Morgan fingerprint density at radius 1 is 1.60 bits per heavy atom. The summed E-state index contributed by atoms with van der Waals surface area (Å²) in [5, 5.41) is 11.3. The van der Waals surface area contributed by atoms with E-state index in [1.807, 2.05) is 6.07 Å². The number of aromatic nitrogens is 1. The van der Waals surface area contributed by atoms with Gasteiger partial charge in [-0.2, -0.15) is 5.26 Å². The van der Waals surface area contributed by atoms with Crippen LogP contribution in [0.3, 0.4) is 0 Å². The van der Waals surface area contributed by atoms with Crippen molar-refractivity contribution >= 4 is 21.8 Å². The van der Waals surface area contributed by atoms with E-state index in [2.05, 4.69) is 26.2 Å². The van der Waals surface area contributed by atoms with Gasteiger partial charge in [0, 0.05) is 6.20 Å². The Hall–Kier alpha value is -1.41. The molecule has 0 saturated heterocycles. The van der Waals surface area contributed by atoms with Crippen LogP contribution in [0.1, 0.15) is 24.2 Å². The summed E-state index contributed by atoms with van der Waals surface area (Å²) < 4.78 is 0.665. The van der Waals surface area contributed by atoms with Crippen molar-refractivity contribution in [2.24, 2.45) is 0 Å². The number of carbonyl (C=O) groups excluding carboxylic acids is 1. The highest BCUT2D eigenvalue weighted by Gasteiger charge is 2.20. The van der Waals surface area contributed by atoms with Crippen molar-refractivity contribution in [2.75, 3.05) is 0 Å². The summed E-state index contributed by atoms with van der Waals surface area (Å²) in [4.78, 5) is 15.5. The second-order valence-corrected chi connectivity index (χ2v) is 4.37. The number of hydrogen-bond donors (Lipinski definition) is 1. The molecular weight excluding hydrogens is 258 g/mol. The third-order valence-corrected chi connectivity index (χ3v) is 2.16. The lowest BCUT2D eigenvalue weighted by Gasteiger charge is -2.17. The van der Waals surface area contributed by atoms with Crippen LogP contribution in [-0.2, 0) is 0 Å². The Bertz CT molecular complexity index is 406. The molecule has 1 amide bonds. The van der Waals surface area contributed by atoms with Crippen LogP contribution in [0.4, 0.5) is 0 Å². The molecular formula is C10H10BrN3O. The number of rotatable bonds is 2. The molecule has 0 saturated carbocycles. The van der Waals surface area contributed by atoms with Crippen LogP contribution in [0, 0.1) is 11.3 Å². The molecule has 78 valence electrons. The summed E-state index contributed by atoms with van der Waals surface area (Å²) in [6, 6.07) is 5.31. The van der Waals surface area contributed by atoms with Crippen LogP contribution in [0.15, 0.2) is 22.9 Å². The fraction of sp³-hybridized carbons (Fsp3) is 0.300. The van der Waals surface area contributed by atoms with Crippen molar-refractivity contribution in [3.05, 3.63) is 28.5 Å². The number of amides is 1. The number of halogens is 1. The highest BCUT2D eigenvalue weighted by Crippen LogP contribution is 2.08. The average molecular weight is 268 g/mol. The van der Waals surface area contributed by atoms with Gasteiger partial charge in [-0.3, -0.25) is 4.79 Å². The van der Waals surface area contributed by atoms with E-state index in [9.17, 15) is 4.79 Å². The van der Waals surface area contributed by atoms with E-state index in [1.54, 1.807) is 26.0 Å². The van der Waals surface area contributed by atoms with Crippen molar-refractivity contribution in [1.82, 2.24) is 10.3 Å². The van der Waals surface area contributed by atoms with Crippen LogP contribution in [0.2, 0.25) is 0 Å². The molecule has 15 heavy (non-hydrogen) atoms. The molecule has 0 radical (unpaired) electrons. The highest BCUT2D eigenvalue weighted by molar-refractivity contribution is 9.10. The monoisotopic (exact) mass is 267 g/mol. The Kier molecular flexibility index (Phi) is 3.43. The van der Waals surface area contributed by atoms with Crippen LogP contribution in [0.5, 0.6) is 0 Å². The summed E-state index contributed by atoms with van der Waals surface area (Å²) in [5.41, 5.74) is -0.439. The third kappa shape index (κ3) is 3.33. The molecule has 0 aliphatic rings. The topological polar surface area (TPSA) is 65.8 Å². The molecule has 0 spiro atoms. The first-order chi connectivity index (χ1) is 6.94. The Morgan fingerprint density at radius 3 is 2.73 bits per heavy atom. The second-order valence-electron chi connectivity index (χ2n) is 3.56. The molecule has 0 aliphatic carbocycles. The van der Waals surface area contributed by atoms with E-state index in [1.165, 1.54) is 6.20 Å². The fourth-order valence-corrected chi connectivity index (χ4v) is 1.13. The molecule has 0 bridgehead atoms. The van der Waals surface area contributed by atoms with Gasteiger partial charge in [0.05, 0.1) is 11.6 Å². The van der Waals surface area contributed by atoms with Gasteiger partial charge in [-0.15, -0.1) is 0 Å². The smallest absolute Gasteiger partial charge is 0.254 e. The molecule has 0 atom stereocenters. The van der Waals surface area contributed by atoms with E-state index < -0.39 is 5.54 Å². The Balaban J connectivity index is 2.79. The summed E-state index contributed by atoms with van der Waals surface area (Å²) in [6.45, 7) is 3.27. The summed E-state index contributed by atoms with van der Waals surface area (Å²) >= 11 is 3.17. The summed E-state index contributed by atoms with van der Waals surface area (Å²) in [7, 11) is 0. The predicted octanol–water partition coefficient (Wildman–Crippen LogP) is 1.88. The van der Waals surface area contributed by atoms with E-state index in [4.69, 9.17) is 5.26 Å². The maximum atomic E-state index is 11.6. The van der Waals surface area contributed by atoms with Crippen molar-refractivity contribution < 1.29 is 4.79 Å². The lowest BCUT2D eigenvalue weighted by atomic mass is 10.1. The number of nitrogens with one attached hydrogen (secondary N) is 1. The quantitative estimate of drug-likeness (QED) is 0.833. The van der Waals surface area contributed by atoms with E-state index in [-0.39, 0.29) is 5.91 Å². The number of pyridine rings is 1. The van der Waals surface area contributed by atoms with Gasteiger partial charge in [0.2, 0.25) is 0 Å². The lowest BCUT2D eigenvalue weighted by molar-refractivity contribution is 0.0929. The molecule has 0 fully saturated rings. The SMILES string of the molecule is CC(C)(C#N)NC(=O)c1ccc(Br)nc1. The minimum absolute atomic E-state index is 0.304. The standard InChI is InChI=1S/C10H10BrN3O/c1-10(2,6-12)14-9(15)7-3-4-8(11)13-5-7/h3-5H,1-2H3,(H,14,15). The number of carbonyl (C=O) groups is 1. The van der Waals surface area contributed by atoms with Gasteiger partial charge in [-0.25, -0.2) is 4.98 Å². The van der Waals surface area contributed by atoms with E-state index in [0.717, 1.165) is 0 Å². The van der Waals surface area contributed by atoms with Crippen molar-refractivity contribution in [2.45, 2.75) is 19.4 Å². The maximum absolute atomic E-state index is 11.6. The van der Waals surface area contributed by atoms with Gasteiger partial charge in [-0.05, 0) is 41.9 Å². The van der Waals surface area contributed by atoms with Crippen LogP contribution in [-0.4, -0.2) is 16.4 Å². The summed E-state index contributed by atoms with van der Waals surface area (Å²) in [5.74, 6) is -0.304. The minimum atomic E-state index is -0.871. The molecule has 1 aromatic heterocycles. The average Bonchev–Trinajstić information content (AvgIpc) is 2.18. The maximum Gasteiger partial charge on any atom is 0.254 e. The van der Waals surface area contributed by atoms with Gasteiger partial charge in [0.25, 0.3) is 5.91 Å². The zero-order valence-corrected chi connectivity index (χ0v) is 10.00. The molecule has 1 heterocycles. The number of nitriles is 1. The summed E-state index contributed by atoms with van der Waals surface area (Å²) in [6.07, 6.45) is 1.45. The van der Waals surface area contributed by atoms with Crippen molar-refractivity contribution in [3.8, 4) is 6.07 Å². The molecule has 0 aromatic carbocycles. The van der Waals surface area contributed by atoms with E-state index in [0.29, 0.717) is 10.2 Å². The molecule has 0 aliphatic heterocycles. The highest BCUT2D eigenvalue weighted by atomic mass is 79.9. The fourth-order valence-electron chi connectivity index (χ4n) is 0.894. The van der Waals surface area contributed by atoms with Crippen LogP contribution >= 0.6 is 15.9 Å². The predicted molar refractivity (Wildman–Crippen MR) is 59.1 cm³/mol. The largest absolute Gasteiger partial charge is 0.334 e. The molecule has 0 unspecified atom stereocenters. The van der Waals surface area contributed by atoms with E-state index >= 15 is 0 Å². The molecule has 1 N–H and O–H groups in total. The zero-order valence-electron chi connectivity index (χ0n) is 8.41. The lowest BCUT2D eigenvalue weighted by Crippen LogP contribution is -2.42. The first kappa shape index (κ1) is 11.7. The minimum Gasteiger partial charge on any atom is -0.334 e. The van der Waals surface area contributed by atoms with Crippen molar-refractivity contribution in [1.29, 1.82) is 5.26 Å². The first-order valence-corrected chi connectivity index (χ1v) is 5.09. The van der Waals surface area contributed by atoms with Crippen molar-refractivity contribution in [3.63, 3.8) is 0 Å². The molecule has 4 nitrogen and oxygen atoms in total. The Morgan fingerprint density at radius 2 is 2.27 bits per heavy atom. The van der Waals surface area contributed by atoms with Crippen LogP contribution < -0.4 is 5.32 Å². The number of nitrogens with zero attached hydrogens (tertiary/aromatic N) is 2. The molecule has 5 heteroatoms. The van der Waals surface area contributed by atoms with Crippen LogP contribution in [0.25, 0.3) is 0 Å². The third-order valence-electron chi connectivity index (χ3n) is 1.70. The van der Waals surface area contributed by atoms with Gasteiger partial charge in [0.1, 0.15) is 10.1 Å². The normalized spacial score (nSPS) is 10.5. The van der Waals surface area contributed by atoms with Gasteiger partial charge in [-0.1, -0.05) is 0 Å². The molecule has 1 aromatic rings. The van der Waals surface area contributed by atoms with Gasteiger partial charge >= 0.3 is 0 Å². The number of hydrogen-bond acceptors (Lipinski definition) is 3. The zero-order chi connectivity index (χ0) is 11.5. The Labute approximate surface area is 96.4 Å². The van der Waals surface area contributed by atoms with Gasteiger partial charge in [0.15, 0.2) is 0 Å². The van der Waals surface area contributed by atoms with Gasteiger partial charge < -0.3 is 5.32 Å². The second kappa shape index (κ2) is 4.41.